The number of nitrogens with two attached hydrogens (primary N) is 1. The SMILES string of the molecule is Cl.NCc1nc(C(=O)NC2CCCc3sccc32)cs1. The number of halogens is 1. The van der Waals surface area contributed by atoms with Gasteiger partial charge in [-0.15, -0.1) is 35.1 Å². The number of rotatable bonds is 3. The van der Waals surface area contributed by atoms with E-state index in [-0.39, 0.29) is 24.4 Å². The molecule has 108 valence electrons. The molecule has 20 heavy (non-hydrogen) atoms. The van der Waals surface area contributed by atoms with Crippen LogP contribution in [0.5, 0.6) is 0 Å². The lowest BCUT2D eigenvalue weighted by molar-refractivity contribution is 0.0928. The highest BCUT2D eigenvalue weighted by Gasteiger charge is 2.23. The number of hydrogen-bond acceptors (Lipinski definition) is 5. The molecule has 7 heteroatoms. The molecule has 2 aromatic heterocycles. The average Bonchev–Trinajstić information content (AvgIpc) is 3.08. The number of nitrogens with zero attached hydrogens (tertiary/aromatic N) is 1. The molecular formula is C13H16ClN3OS2. The Hall–Kier alpha value is -0.950. The highest BCUT2D eigenvalue weighted by Crippen LogP contribution is 2.33. The van der Waals surface area contributed by atoms with Crippen molar-refractivity contribution in [2.24, 2.45) is 5.73 Å². The number of thiazole rings is 1. The minimum atomic E-state index is -0.0972. The van der Waals surface area contributed by atoms with Crippen molar-refractivity contribution in [1.29, 1.82) is 0 Å². The maximum absolute atomic E-state index is 12.2. The Morgan fingerprint density at radius 3 is 3.10 bits per heavy atom. The molecule has 3 rings (SSSR count). The Balaban J connectivity index is 0.00000147. The topological polar surface area (TPSA) is 68.0 Å². The van der Waals surface area contributed by atoms with Crippen LogP contribution in [0.25, 0.3) is 0 Å². The van der Waals surface area contributed by atoms with E-state index in [0.717, 1.165) is 24.3 Å². The van der Waals surface area contributed by atoms with Crippen molar-refractivity contribution >= 4 is 41.0 Å². The van der Waals surface area contributed by atoms with Crippen molar-refractivity contribution in [1.82, 2.24) is 10.3 Å². The number of fused-ring (bicyclic) bond motifs is 1. The van der Waals surface area contributed by atoms with Gasteiger partial charge in [-0.25, -0.2) is 4.98 Å². The zero-order valence-corrected chi connectivity index (χ0v) is 13.2. The van der Waals surface area contributed by atoms with Gasteiger partial charge in [0.15, 0.2) is 0 Å². The summed E-state index contributed by atoms with van der Waals surface area (Å²) in [6.45, 7) is 0.385. The lowest BCUT2D eigenvalue weighted by Gasteiger charge is -2.23. The van der Waals surface area contributed by atoms with Gasteiger partial charge in [0.25, 0.3) is 5.91 Å². The third-order valence-corrected chi connectivity index (χ3v) is 5.18. The zero-order chi connectivity index (χ0) is 13.2. The summed E-state index contributed by atoms with van der Waals surface area (Å²) >= 11 is 3.21. The monoisotopic (exact) mass is 329 g/mol. The molecule has 0 radical (unpaired) electrons. The number of nitrogens with one attached hydrogen (secondary N) is 1. The summed E-state index contributed by atoms with van der Waals surface area (Å²) in [4.78, 5) is 17.8. The van der Waals surface area contributed by atoms with Crippen LogP contribution in [0.15, 0.2) is 16.8 Å². The van der Waals surface area contributed by atoms with Gasteiger partial charge in [-0.05, 0) is 36.3 Å². The van der Waals surface area contributed by atoms with Crippen LogP contribution in [0.1, 0.15) is 44.8 Å². The van der Waals surface area contributed by atoms with Gasteiger partial charge in [-0.1, -0.05) is 0 Å². The van der Waals surface area contributed by atoms with Crippen LogP contribution >= 0.6 is 35.1 Å². The summed E-state index contributed by atoms with van der Waals surface area (Å²) in [5.41, 5.74) is 7.27. The van der Waals surface area contributed by atoms with E-state index in [4.69, 9.17) is 5.73 Å². The molecule has 1 unspecified atom stereocenters. The van der Waals surface area contributed by atoms with Crippen molar-refractivity contribution < 1.29 is 4.79 Å². The highest BCUT2D eigenvalue weighted by molar-refractivity contribution is 7.10. The third-order valence-electron chi connectivity index (χ3n) is 3.32. The Labute approximate surface area is 131 Å². The molecule has 2 heterocycles. The van der Waals surface area contributed by atoms with Crippen LogP contribution < -0.4 is 11.1 Å². The van der Waals surface area contributed by atoms with E-state index >= 15 is 0 Å². The summed E-state index contributed by atoms with van der Waals surface area (Å²) in [7, 11) is 0. The number of hydrogen-bond donors (Lipinski definition) is 2. The average molecular weight is 330 g/mol. The van der Waals surface area contributed by atoms with E-state index in [1.54, 1.807) is 16.7 Å². The standard InChI is InChI=1S/C13H15N3OS2.ClH/c14-6-12-15-10(7-19-12)13(17)16-9-2-1-3-11-8(9)4-5-18-11;/h4-5,7,9H,1-3,6,14H2,(H,16,17);1H. The van der Waals surface area contributed by atoms with E-state index in [1.165, 1.54) is 21.8 Å². The Morgan fingerprint density at radius 1 is 1.50 bits per heavy atom. The van der Waals surface area contributed by atoms with Crippen molar-refractivity contribution in [2.45, 2.75) is 31.8 Å². The molecule has 3 N–H and O–H groups in total. The number of aryl methyl sites for hydroxylation is 1. The molecule has 0 aromatic carbocycles. The Kier molecular flexibility index (Phi) is 5.15. The molecule has 1 aliphatic carbocycles. The van der Waals surface area contributed by atoms with E-state index < -0.39 is 0 Å². The minimum Gasteiger partial charge on any atom is -0.344 e. The van der Waals surface area contributed by atoms with Crippen LogP contribution in [0.3, 0.4) is 0 Å². The van der Waals surface area contributed by atoms with Gasteiger partial charge in [0.05, 0.1) is 6.04 Å². The van der Waals surface area contributed by atoms with E-state index in [2.05, 4.69) is 21.7 Å². The highest BCUT2D eigenvalue weighted by atomic mass is 35.5. The number of amides is 1. The second kappa shape index (κ2) is 6.67. The molecule has 1 atom stereocenters. The van der Waals surface area contributed by atoms with Crippen molar-refractivity contribution in [2.75, 3.05) is 0 Å². The maximum Gasteiger partial charge on any atom is 0.271 e. The van der Waals surface area contributed by atoms with Crippen molar-refractivity contribution in [3.05, 3.63) is 38.0 Å². The second-order valence-electron chi connectivity index (χ2n) is 4.55. The van der Waals surface area contributed by atoms with Crippen LogP contribution in [0.2, 0.25) is 0 Å². The molecule has 1 amide bonds. The number of aromatic nitrogens is 1. The van der Waals surface area contributed by atoms with E-state index in [0.29, 0.717) is 12.2 Å². The molecule has 0 bridgehead atoms. The Morgan fingerprint density at radius 2 is 2.35 bits per heavy atom. The fraction of sp³-hybridized carbons (Fsp3) is 0.385. The zero-order valence-electron chi connectivity index (χ0n) is 10.8. The van der Waals surface area contributed by atoms with Crippen LogP contribution in [-0.4, -0.2) is 10.9 Å². The summed E-state index contributed by atoms with van der Waals surface area (Å²) in [5.74, 6) is -0.0972. The van der Waals surface area contributed by atoms with Gasteiger partial charge in [0.2, 0.25) is 0 Å². The second-order valence-corrected chi connectivity index (χ2v) is 6.49. The summed E-state index contributed by atoms with van der Waals surface area (Å²) in [6.07, 6.45) is 3.26. The molecule has 0 saturated heterocycles. The molecular weight excluding hydrogens is 314 g/mol. The first-order valence-corrected chi connectivity index (χ1v) is 8.05. The van der Waals surface area contributed by atoms with Crippen LogP contribution in [0, 0.1) is 0 Å². The van der Waals surface area contributed by atoms with Gasteiger partial charge >= 0.3 is 0 Å². The first-order valence-electron chi connectivity index (χ1n) is 6.29. The number of thiophene rings is 1. The molecule has 0 fully saturated rings. The lowest BCUT2D eigenvalue weighted by Crippen LogP contribution is -2.30. The van der Waals surface area contributed by atoms with Gasteiger partial charge in [-0.3, -0.25) is 4.79 Å². The van der Waals surface area contributed by atoms with Crippen molar-refractivity contribution in [3.63, 3.8) is 0 Å². The van der Waals surface area contributed by atoms with Crippen molar-refractivity contribution in [3.8, 4) is 0 Å². The normalized spacial score (nSPS) is 17.1. The molecule has 2 aromatic rings. The maximum atomic E-state index is 12.2. The largest absolute Gasteiger partial charge is 0.344 e. The quantitative estimate of drug-likeness (QED) is 0.909. The van der Waals surface area contributed by atoms with Gasteiger partial charge in [0.1, 0.15) is 10.7 Å². The Bertz CT molecular complexity index is 596. The van der Waals surface area contributed by atoms with Crippen LogP contribution in [0.4, 0.5) is 0 Å². The molecule has 0 aliphatic heterocycles. The number of carbonyl (C=O) groups is 1. The van der Waals surface area contributed by atoms with Gasteiger partial charge in [0, 0.05) is 16.8 Å². The third kappa shape index (κ3) is 3.03. The molecule has 0 spiro atoms. The minimum absolute atomic E-state index is 0. The first-order chi connectivity index (χ1) is 9.28. The summed E-state index contributed by atoms with van der Waals surface area (Å²) in [6, 6.07) is 2.25. The van der Waals surface area contributed by atoms with E-state index in [9.17, 15) is 4.79 Å². The fourth-order valence-corrected chi connectivity index (χ4v) is 4.02. The smallest absolute Gasteiger partial charge is 0.271 e. The summed E-state index contributed by atoms with van der Waals surface area (Å²) in [5, 5.41) is 7.76. The lowest BCUT2D eigenvalue weighted by atomic mass is 9.94. The van der Waals surface area contributed by atoms with Gasteiger partial charge < -0.3 is 11.1 Å². The number of carbonyl (C=O) groups excluding carboxylic acids is 1. The molecule has 4 nitrogen and oxygen atoms in total. The predicted molar refractivity (Wildman–Crippen MR) is 84.7 cm³/mol. The first kappa shape index (κ1) is 15.4. The van der Waals surface area contributed by atoms with E-state index in [1.807, 2.05) is 0 Å². The predicted octanol–water partition coefficient (Wildman–Crippen LogP) is 2.89. The molecule has 1 aliphatic rings. The fourth-order valence-electron chi connectivity index (χ4n) is 2.38. The summed E-state index contributed by atoms with van der Waals surface area (Å²) < 4.78 is 0. The van der Waals surface area contributed by atoms with Crippen LogP contribution in [-0.2, 0) is 13.0 Å². The van der Waals surface area contributed by atoms with Gasteiger partial charge in [-0.2, -0.15) is 0 Å². The molecule has 0 saturated carbocycles.